The largest absolute Gasteiger partial charge is 0.370 e. The van der Waals surface area contributed by atoms with Crippen molar-refractivity contribution in [1.82, 2.24) is 19.7 Å². The normalized spacial score (nSPS) is 10.7. The van der Waals surface area contributed by atoms with Crippen LogP contribution in [0.1, 0.15) is 31.8 Å². The van der Waals surface area contributed by atoms with E-state index in [2.05, 4.69) is 27.3 Å². The zero-order valence-corrected chi connectivity index (χ0v) is 12.2. The molecule has 0 bridgehead atoms. The van der Waals surface area contributed by atoms with Crippen molar-refractivity contribution in [2.45, 2.75) is 33.6 Å². The summed E-state index contributed by atoms with van der Waals surface area (Å²) in [6.07, 6.45) is 3.60. The smallest absolute Gasteiger partial charge is 0.159 e. The van der Waals surface area contributed by atoms with E-state index in [9.17, 15) is 0 Å². The fraction of sp³-hybridized carbons (Fsp3) is 0.462. The Morgan fingerprint density at radius 2 is 2.11 bits per heavy atom. The van der Waals surface area contributed by atoms with E-state index in [0.29, 0.717) is 5.02 Å². The summed E-state index contributed by atoms with van der Waals surface area (Å²) >= 11 is 6.03. The Labute approximate surface area is 118 Å². The van der Waals surface area contributed by atoms with Gasteiger partial charge in [-0.15, -0.1) is 0 Å². The van der Waals surface area contributed by atoms with Crippen molar-refractivity contribution >= 4 is 17.4 Å². The van der Waals surface area contributed by atoms with Gasteiger partial charge in [0, 0.05) is 19.0 Å². The van der Waals surface area contributed by atoms with Crippen molar-refractivity contribution in [1.29, 1.82) is 0 Å². The Balaban J connectivity index is 2.38. The highest BCUT2D eigenvalue weighted by molar-refractivity contribution is 6.31. The summed E-state index contributed by atoms with van der Waals surface area (Å²) in [5.74, 6) is 2.36. The van der Waals surface area contributed by atoms with Gasteiger partial charge in [0.05, 0.1) is 16.9 Å². The van der Waals surface area contributed by atoms with Crippen LogP contribution in [0, 0.1) is 6.92 Å². The van der Waals surface area contributed by atoms with E-state index >= 15 is 0 Å². The predicted molar refractivity (Wildman–Crippen MR) is 77.1 cm³/mol. The molecule has 0 saturated heterocycles. The van der Waals surface area contributed by atoms with Gasteiger partial charge in [-0.3, -0.25) is 0 Å². The maximum absolute atomic E-state index is 6.03. The molecule has 5 nitrogen and oxygen atoms in total. The number of rotatable bonds is 5. The number of hydrogen-bond acceptors (Lipinski definition) is 4. The number of nitrogens with zero attached hydrogens (tertiary/aromatic N) is 4. The summed E-state index contributed by atoms with van der Waals surface area (Å²) < 4.78 is 1.69. The minimum Gasteiger partial charge on any atom is -0.370 e. The molecule has 0 unspecified atom stereocenters. The van der Waals surface area contributed by atoms with Crippen LogP contribution in [0.3, 0.4) is 0 Å². The number of nitrogens with one attached hydrogen (secondary N) is 1. The lowest BCUT2D eigenvalue weighted by Crippen LogP contribution is -2.08. The second-order valence-corrected chi connectivity index (χ2v) is 4.72. The molecule has 102 valence electrons. The van der Waals surface area contributed by atoms with E-state index in [1.165, 1.54) is 0 Å². The van der Waals surface area contributed by atoms with Crippen molar-refractivity contribution in [3.05, 3.63) is 28.8 Å². The Morgan fingerprint density at radius 3 is 2.68 bits per heavy atom. The molecule has 0 radical (unpaired) electrons. The SMILES string of the molecule is CCCNc1cc(-n2cc(Cl)c(C)n2)nc(CC)n1. The highest BCUT2D eigenvalue weighted by atomic mass is 35.5. The van der Waals surface area contributed by atoms with Crippen LogP contribution >= 0.6 is 11.6 Å². The van der Waals surface area contributed by atoms with E-state index in [0.717, 1.165) is 42.5 Å². The van der Waals surface area contributed by atoms with Crippen molar-refractivity contribution < 1.29 is 0 Å². The first kappa shape index (κ1) is 13.8. The fourth-order valence-corrected chi connectivity index (χ4v) is 1.79. The average molecular weight is 280 g/mol. The van der Waals surface area contributed by atoms with Crippen LogP contribution in [0.15, 0.2) is 12.3 Å². The lowest BCUT2D eigenvalue weighted by Gasteiger charge is -2.08. The number of anilines is 1. The van der Waals surface area contributed by atoms with Crippen LogP contribution in [0.4, 0.5) is 5.82 Å². The van der Waals surface area contributed by atoms with E-state index in [-0.39, 0.29) is 0 Å². The van der Waals surface area contributed by atoms with E-state index < -0.39 is 0 Å². The highest BCUT2D eigenvalue weighted by Crippen LogP contribution is 2.17. The fourth-order valence-electron chi connectivity index (χ4n) is 1.66. The Morgan fingerprint density at radius 1 is 1.32 bits per heavy atom. The van der Waals surface area contributed by atoms with Crippen molar-refractivity contribution in [2.75, 3.05) is 11.9 Å². The molecule has 2 heterocycles. The zero-order chi connectivity index (χ0) is 13.8. The molecule has 0 spiro atoms. The first-order valence-corrected chi connectivity index (χ1v) is 6.85. The topological polar surface area (TPSA) is 55.6 Å². The Kier molecular flexibility index (Phi) is 4.37. The van der Waals surface area contributed by atoms with Crippen molar-refractivity contribution in [3.63, 3.8) is 0 Å². The molecule has 2 aromatic rings. The van der Waals surface area contributed by atoms with Gasteiger partial charge in [-0.05, 0) is 13.3 Å². The quantitative estimate of drug-likeness (QED) is 0.914. The molecule has 0 fully saturated rings. The minimum atomic E-state index is 0.639. The minimum absolute atomic E-state index is 0.639. The Bertz CT molecular complexity index is 545. The molecule has 0 atom stereocenters. The van der Waals surface area contributed by atoms with E-state index in [4.69, 9.17) is 11.6 Å². The van der Waals surface area contributed by atoms with Gasteiger partial charge in [0.25, 0.3) is 0 Å². The van der Waals surface area contributed by atoms with Gasteiger partial charge >= 0.3 is 0 Å². The molecule has 2 rings (SSSR count). The predicted octanol–water partition coefficient (Wildman–Crippen LogP) is 3.01. The number of aryl methyl sites for hydroxylation is 2. The Hall–Kier alpha value is -1.62. The molecule has 1 N–H and O–H groups in total. The van der Waals surface area contributed by atoms with Crippen LogP contribution in [-0.2, 0) is 6.42 Å². The third-order valence-corrected chi connectivity index (χ3v) is 3.08. The molecule has 2 aromatic heterocycles. The van der Waals surface area contributed by atoms with E-state index in [1.807, 2.05) is 19.9 Å². The van der Waals surface area contributed by atoms with Gasteiger partial charge in [-0.2, -0.15) is 5.10 Å². The molecule has 0 saturated carbocycles. The summed E-state index contributed by atoms with van der Waals surface area (Å²) in [5.41, 5.74) is 0.793. The molecule has 19 heavy (non-hydrogen) atoms. The van der Waals surface area contributed by atoms with Gasteiger partial charge in [0.15, 0.2) is 5.82 Å². The molecule has 0 aromatic carbocycles. The van der Waals surface area contributed by atoms with Crippen LogP contribution in [-0.4, -0.2) is 26.3 Å². The standard InChI is InChI=1S/C13H18ClN5/c1-4-6-15-12-7-13(17-11(5-2)16-12)19-8-10(14)9(3)18-19/h7-8H,4-6H2,1-3H3,(H,15,16,17). The number of halogens is 1. The summed E-state index contributed by atoms with van der Waals surface area (Å²) in [4.78, 5) is 8.92. The summed E-state index contributed by atoms with van der Waals surface area (Å²) in [7, 11) is 0. The van der Waals surface area contributed by atoms with Crippen LogP contribution < -0.4 is 5.32 Å². The second-order valence-electron chi connectivity index (χ2n) is 4.31. The first-order chi connectivity index (χ1) is 9.13. The van der Waals surface area contributed by atoms with Crippen LogP contribution in [0.5, 0.6) is 0 Å². The molecule has 0 aliphatic heterocycles. The van der Waals surface area contributed by atoms with Crippen molar-refractivity contribution in [3.8, 4) is 5.82 Å². The number of aromatic nitrogens is 4. The maximum atomic E-state index is 6.03. The lowest BCUT2D eigenvalue weighted by atomic mass is 10.4. The molecule has 0 amide bonds. The molecular weight excluding hydrogens is 262 g/mol. The summed E-state index contributed by atoms with van der Waals surface area (Å²) in [6, 6.07) is 1.89. The summed E-state index contributed by atoms with van der Waals surface area (Å²) in [5, 5.41) is 8.26. The maximum Gasteiger partial charge on any atom is 0.159 e. The van der Waals surface area contributed by atoms with Crippen LogP contribution in [0.2, 0.25) is 5.02 Å². The molecule has 6 heteroatoms. The molecular formula is C13H18ClN5. The average Bonchev–Trinajstić information content (AvgIpc) is 2.76. The highest BCUT2D eigenvalue weighted by Gasteiger charge is 2.08. The van der Waals surface area contributed by atoms with E-state index in [1.54, 1.807) is 10.9 Å². The summed E-state index contributed by atoms with van der Waals surface area (Å²) in [6.45, 7) is 6.91. The monoisotopic (exact) mass is 279 g/mol. The molecule has 0 aliphatic carbocycles. The third-order valence-electron chi connectivity index (χ3n) is 2.71. The van der Waals surface area contributed by atoms with Gasteiger partial charge in [0.2, 0.25) is 0 Å². The van der Waals surface area contributed by atoms with Gasteiger partial charge in [0.1, 0.15) is 11.6 Å². The van der Waals surface area contributed by atoms with Crippen LogP contribution in [0.25, 0.3) is 5.82 Å². The van der Waals surface area contributed by atoms with Gasteiger partial charge < -0.3 is 5.32 Å². The first-order valence-electron chi connectivity index (χ1n) is 6.48. The zero-order valence-electron chi connectivity index (χ0n) is 11.4. The second kappa shape index (κ2) is 6.02. The third kappa shape index (κ3) is 3.23. The lowest BCUT2D eigenvalue weighted by molar-refractivity contribution is 0.802. The van der Waals surface area contributed by atoms with Gasteiger partial charge in [-0.1, -0.05) is 25.4 Å². The molecule has 0 aliphatic rings. The van der Waals surface area contributed by atoms with Crippen molar-refractivity contribution in [2.24, 2.45) is 0 Å². The van der Waals surface area contributed by atoms with Gasteiger partial charge in [-0.25, -0.2) is 14.6 Å². The number of hydrogen-bond donors (Lipinski definition) is 1.